The molecule has 19 heteroatoms. The first-order chi connectivity index (χ1) is 32.0. The number of aromatic nitrogens is 2. The van der Waals surface area contributed by atoms with Gasteiger partial charge in [0.05, 0.1) is 105 Å². The molecule has 67 heavy (non-hydrogen) atoms. The number of halogens is 3. The maximum absolute atomic E-state index is 13.0. The van der Waals surface area contributed by atoms with Crippen molar-refractivity contribution in [1.82, 2.24) is 9.97 Å². The van der Waals surface area contributed by atoms with Gasteiger partial charge in [-0.2, -0.15) is 0 Å². The summed E-state index contributed by atoms with van der Waals surface area (Å²) in [5.41, 5.74) is 9.72. The first kappa shape index (κ1) is 48.6. The lowest BCUT2D eigenvalue weighted by Gasteiger charge is -2.35. The van der Waals surface area contributed by atoms with Crippen LogP contribution in [0.4, 0.5) is 28.4 Å². The quantitative estimate of drug-likeness (QED) is 0.175. The molecule has 2 fully saturated rings. The molecule has 6 heterocycles. The molecule has 10 rings (SSSR count). The average molecular weight is 1010 g/mol. The standard InChI is InChI=1S/C24H26ClN3O4S.C12H11Cl2NO.C12H16N2O3S/c1-15-16(2)26-20-14-22(31-3)19(25)13-18(20)24(15)28-8-11-33(29,30)23-5-4-17(12-21(23)28)27-6-9-32-10-7-27;1-6-7(2)15-10-5-11(16-3)9(13)4-8(10)12(6)14;15-18(16)8-3-13-11-9-10(1-2-12(11)18)14-4-6-17-7-5-14/h4-5,12-14H,6-11H2,1-3H3;4-5H,1-3H3;1-2,9,13H,3-8H2. The molecule has 0 unspecified atom stereocenters. The topological polar surface area (TPSA) is 153 Å². The summed E-state index contributed by atoms with van der Waals surface area (Å²) in [4.78, 5) is 16.5. The summed E-state index contributed by atoms with van der Waals surface area (Å²) in [5, 5.41) is 6.62. The van der Waals surface area contributed by atoms with E-state index in [1.165, 1.54) is 0 Å². The Morgan fingerprint density at radius 2 is 1.12 bits per heavy atom. The third-order valence-electron chi connectivity index (χ3n) is 12.5. The van der Waals surface area contributed by atoms with Gasteiger partial charge in [-0.1, -0.05) is 34.8 Å². The van der Waals surface area contributed by atoms with Crippen molar-refractivity contribution < 1.29 is 35.8 Å². The lowest BCUT2D eigenvalue weighted by molar-refractivity contribution is 0.122. The van der Waals surface area contributed by atoms with Crippen molar-refractivity contribution in [2.45, 2.75) is 37.5 Å². The number of ether oxygens (including phenoxy) is 4. The van der Waals surface area contributed by atoms with E-state index >= 15 is 0 Å². The maximum Gasteiger partial charge on any atom is 0.182 e. The Labute approximate surface area is 406 Å². The van der Waals surface area contributed by atoms with E-state index in [-0.39, 0.29) is 11.5 Å². The van der Waals surface area contributed by atoms with Gasteiger partial charge in [0.15, 0.2) is 19.7 Å². The van der Waals surface area contributed by atoms with E-state index < -0.39 is 19.7 Å². The van der Waals surface area contributed by atoms with Crippen molar-refractivity contribution in [3.63, 3.8) is 0 Å². The molecule has 0 bridgehead atoms. The number of morpholine rings is 2. The van der Waals surface area contributed by atoms with Gasteiger partial charge in [0.1, 0.15) is 11.5 Å². The third-order valence-corrected chi connectivity index (χ3v) is 17.1. The number of pyridine rings is 2. The highest BCUT2D eigenvalue weighted by molar-refractivity contribution is 7.92. The molecule has 0 saturated carbocycles. The molecular formula is C48H53Cl3N6O8S2. The van der Waals surface area contributed by atoms with E-state index in [0.717, 1.165) is 106 Å². The molecule has 356 valence electrons. The van der Waals surface area contributed by atoms with Crippen molar-refractivity contribution in [3.05, 3.63) is 98.2 Å². The van der Waals surface area contributed by atoms with Gasteiger partial charge < -0.3 is 39.0 Å². The highest BCUT2D eigenvalue weighted by atomic mass is 35.5. The summed E-state index contributed by atoms with van der Waals surface area (Å²) >= 11 is 18.8. The van der Waals surface area contributed by atoms with E-state index in [4.69, 9.17) is 58.7 Å². The second-order valence-electron chi connectivity index (χ2n) is 16.6. The number of fused-ring (bicyclic) bond motifs is 4. The number of nitrogens with one attached hydrogen (secondary N) is 1. The molecule has 4 aliphatic heterocycles. The molecule has 6 aromatic rings. The van der Waals surface area contributed by atoms with Gasteiger partial charge in [-0.3, -0.25) is 9.97 Å². The molecule has 14 nitrogen and oxygen atoms in total. The Hall–Kier alpha value is -4.81. The van der Waals surface area contributed by atoms with Gasteiger partial charge >= 0.3 is 0 Å². The molecule has 0 atom stereocenters. The second-order valence-corrected chi connectivity index (χ2v) is 21.9. The fourth-order valence-corrected chi connectivity index (χ4v) is 12.1. The van der Waals surface area contributed by atoms with Gasteiger partial charge in [0.2, 0.25) is 0 Å². The molecule has 4 aromatic carbocycles. The van der Waals surface area contributed by atoms with Crippen LogP contribution in [0.15, 0.2) is 70.5 Å². The number of anilines is 5. The minimum Gasteiger partial charge on any atom is -0.495 e. The number of nitrogens with zero attached hydrogens (tertiary/aromatic N) is 5. The van der Waals surface area contributed by atoms with E-state index in [1.54, 1.807) is 38.5 Å². The predicted octanol–water partition coefficient (Wildman–Crippen LogP) is 9.17. The first-order valence-electron chi connectivity index (χ1n) is 21.9. The molecule has 2 saturated heterocycles. The summed E-state index contributed by atoms with van der Waals surface area (Å²) in [5.74, 6) is 1.39. The molecule has 0 amide bonds. The minimum absolute atomic E-state index is 0.0447. The summed E-state index contributed by atoms with van der Waals surface area (Å²) in [7, 11) is -3.31. The zero-order valence-electron chi connectivity index (χ0n) is 38.2. The van der Waals surface area contributed by atoms with Crippen LogP contribution in [0, 0.1) is 27.7 Å². The zero-order chi connectivity index (χ0) is 47.8. The number of benzene rings is 4. The maximum atomic E-state index is 13.0. The van der Waals surface area contributed by atoms with Crippen molar-refractivity contribution >= 4 is 105 Å². The highest BCUT2D eigenvalue weighted by Gasteiger charge is 2.33. The van der Waals surface area contributed by atoms with Gasteiger partial charge in [-0.15, -0.1) is 0 Å². The number of rotatable bonds is 5. The molecule has 0 spiro atoms. The minimum atomic E-state index is -3.37. The number of hydrogen-bond acceptors (Lipinski definition) is 14. The summed E-state index contributed by atoms with van der Waals surface area (Å²) in [6.07, 6.45) is 0. The van der Waals surface area contributed by atoms with E-state index in [2.05, 4.69) is 25.0 Å². The van der Waals surface area contributed by atoms with Crippen LogP contribution in [0.25, 0.3) is 21.8 Å². The Balaban J connectivity index is 0.000000150. The molecule has 0 radical (unpaired) electrons. The molecule has 4 aliphatic rings. The Kier molecular flexibility index (Phi) is 14.5. The number of sulfone groups is 2. The number of methoxy groups -OCH3 is 2. The Bertz CT molecular complexity index is 3090. The van der Waals surface area contributed by atoms with Crippen LogP contribution in [-0.4, -0.2) is 118 Å². The predicted molar refractivity (Wildman–Crippen MR) is 269 cm³/mol. The fourth-order valence-electron chi connectivity index (χ4n) is 8.61. The van der Waals surface area contributed by atoms with Crippen molar-refractivity contribution in [1.29, 1.82) is 0 Å². The van der Waals surface area contributed by atoms with E-state index in [0.29, 0.717) is 68.3 Å². The lowest BCUT2D eigenvalue weighted by Crippen LogP contribution is -2.37. The molecule has 1 N–H and O–H groups in total. The molecule has 2 aromatic heterocycles. The van der Waals surface area contributed by atoms with Crippen LogP contribution in [0.1, 0.15) is 22.5 Å². The average Bonchev–Trinajstić information content (AvgIpc) is 3.32. The van der Waals surface area contributed by atoms with Crippen LogP contribution >= 0.6 is 34.8 Å². The summed E-state index contributed by atoms with van der Waals surface area (Å²) in [6.45, 7) is 14.7. The van der Waals surface area contributed by atoms with E-state index in [1.807, 2.05) is 64.1 Å². The smallest absolute Gasteiger partial charge is 0.182 e. The van der Waals surface area contributed by atoms with Crippen LogP contribution in [0.3, 0.4) is 0 Å². The van der Waals surface area contributed by atoms with Crippen molar-refractivity contribution in [2.24, 2.45) is 0 Å². The van der Waals surface area contributed by atoms with Crippen LogP contribution in [-0.2, 0) is 29.1 Å². The summed E-state index contributed by atoms with van der Waals surface area (Å²) in [6, 6.07) is 18.4. The Morgan fingerprint density at radius 3 is 1.70 bits per heavy atom. The van der Waals surface area contributed by atoms with Crippen molar-refractivity contribution in [2.75, 3.05) is 111 Å². The number of aryl methyl sites for hydroxylation is 2. The number of hydrogen-bond donors (Lipinski definition) is 1. The third kappa shape index (κ3) is 10.0. The zero-order valence-corrected chi connectivity index (χ0v) is 42.1. The monoisotopic (exact) mass is 1010 g/mol. The summed E-state index contributed by atoms with van der Waals surface area (Å²) < 4.78 is 71.1. The molecule has 0 aliphatic carbocycles. The van der Waals surface area contributed by atoms with Gasteiger partial charge in [-0.25, -0.2) is 16.8 Å². The Morgan fingerprint density at radius 1 is 0.612 bits per heavy atom. The first-order valence-corrected chi connectivity index (χ1v) is 26.3. The van der Waals surface area contributed by atoms with Crippen LogP contribution in [0.5, 0.6) is 11.5 Å². The highest BCUT2D eigenvalue weighted by Crippen LogP contribution is 2.45. The van der Waals surface area contributed by atoms with E-state index in [9.17, 15) is 16.8 Å². The lowest BCUT2D eigenvalue weighted by atomic mass is 10.0. The SMILES string of the molecule is COc1cc2nc(C)c(C)c(Cl)c2cc1Cl.COc1cc2nc(C)c(C)c(N3CCS(=O)(=O)c4ccc(N5CCOCC5)cc43)c2cc1Cl.O=S1(=O)CCNc2cc(N3CCOCC3)ccc21. The van der Waals surface area contributed by atoms with Crippen LogP contribution in [0.2, 0.25) is 15.1 Å². The van der Waals surface area contributed by atoms with Crippen LogP contribution < -0.4 is 29.5 Å². The fraction of sp³-hybridized carbons (Fsp3) is 0.375. The van der Waals surface area contributed by atoms with Gasteiger partial charge in [0, 0.05) is 84.9 Å². The van der Waals surface area contributed by atoms with Gasteiger partial charge in [0.25, 0.3) is 0 Å². The molecular weight excluding hydrogens is 959 g/mol. The normalized spacial score (nSPS) is 17.3. The second kappa shape index (κ2) is 20.0. The largest absolute Gasteiger partial charge is 0.495 e. The van der Waals surface area contributed by atoms with Crippen molar-refractivity contribution in [3.8, 4) is 11.5 Å². The van der Waals surface area contributed by atoms with Gasteiger partial charge in [-0.05, 0) is 87.4 Å².